The Bertz CT molecular complexity index is 1400. The zero-order chi connectivity index (χ0) is 38.8. The van der Waals surface area contributed by atoms with Crippen LogP contribution in [0.3, 0.4) is 0 Å². The first-order valence-electron chi connectivity index (χ1n) is 18.4. The number of cyclic esters (lactones) is 1. The molecule has 0 radical (unpaired) electrons. The first-order valence-corrected chi connectivity index (χ1v) is 18.4. The quantitative estimate of drug-likeness (QED) is 0.186. The number of ketones is 1. The third-order valence-electron chi connectivity index (χ3n) is 11.2. The van der Waals surface area contributed by atoms with Crippen LogP contribution in [0.25, 0.3) is 0 Å². The minimum Gasteiger partial charge on any atom is -0.459 e. The van der Waals surface area contributed by atoms with E-state index in [-0.39, 0.29) is 31.5 Å². The van der Waals surface area contributed by atoms with Gasteiger partial charge in [-0.25, -0.2) is 0 Å². The number of esters is 2. The molecule has 4 heterocycles. The summed E-state index contributed by atoms with van der Waals surface area (Å²) in [5.74, 6) is -5.44. The molecule has 0 amide bonds. The Labute approximate surface area is 307 Å². The van der Waals surface area contributed by atoms with Gasteiger partial charge in [0.05, 0.1) is 49.1 Å². The fourth-order valence-electron chi connectivity index (χ4n) is 8.09. The number of aliphatic hydroxyl groups is 4. The number of methoxy groups -OCH3 is 1. The average molecular weight is 737 g/mol. The highest BCUT2D eigenvalue weighted by Crippen LogP contribution is 2.50. The second kappa shape index (κ2) is 16.5. The highest BCUT2D eigenvalue weighted by atomic mass is 16.7. The van der Waals surface area contributed by atoms with Crippen molar-refractivity contribution in [2.75, 3.05) is 7.11 Å². The minimum absolute atomic E-state index is 0.00144. The molecule has 294 valence electrons. The molecular weight excluding hydrogens is 676 g/mol. The summed E-state index contributed by atoms with van der Waals surface area (Å²) in [6.45, 7) is 13.1. The summed E-state index contributed by atoms with van der Waals surface area (Å²) in [6.07, 6.45) is -0.0303. The summed E-state index contributed by atoms with van der Waals surface area (Å²) in [4.78, 5) is 37.8. The third kappa shape index (κ3) is 9.41. The Kier molecular flexibility index (Phi) is 13.4. The van der Waals surface area contributed by atoms with Crippen LogP contribution in [0, 0.1) is 10.8 Å². The molecule has 13 nitrogen and oxygen atoms in total. The van der Waals surface area contributed by atoms with Crippen molar-refractivity contribution in [3.8, 4) is 0 Å². The van der Waals surface area contributed by atoms with Crippen LogP contribution in [0.1, 0.15) is 107 Å². The topological polar surface area (TPSA) is 188 Å². The number of ether oxygens (including phenoxy) is 6. The van der Waals surface area contributed by atoms with Gasteiger partial charge in [0, 0.05) is 50.5 Å². The van der Waals surface area contributed by atoms with Crippen molar-refractivity contribution < 1.29 is 63.2 Å². The summed E-state index contributed by atoms with van der Waals surface area (Å²) in [5, 5.41) is 46.5. The third-order valence-corrected chi connectivity index (χ3v) is 11.2. The highest BCUT2D eigenvalue weighted by molar-refractivity contribution is 5.88. The van der Waals surface area contributed by atoms with E-state index >= 15 is 0 Å². The van der Waals surface area contributed by atoms with E-state index in [1.165, 1.54) is 20.8 Å². The van der Waals surface area contributed by atoms with Gasteiger partial charge < -0.3 is 48.8 Å². The van der Waals surface area contributed by atoms with Crippen molar-refractivity contribution in [1.82, 2.24) is 0 Å². The molecule has 11 unspecified atom stereocenters. The number of aliphatic hydroxyl groups excluding tert-OH is 2. The molecule has 3 saturated heterocycles. The number of carbonyl (C=O) groups is 3. The summed E-state index contributed by atoms with van der Waals surface area (Å²) >= 11 is 0. The highest BCUT2D eigenvalue weighted by Gasteiger charge is 2.58. The molecule has 0 aromatic heterocycles. The lowest BCUT2D eigenvalue weighted by Gasteiger charge is -2.54. The lowest BCUT2D eigenvalue weighted by atomic mass is 9.70. The van der Waals surface area contributed by atoms with E-state index in [2.05, 4.69) is 0 Å². The standard InChI is InChI=1S/C39H60O13/c1-10-26-16-29-19-32(23(3)41)50-34(44)18-27(43)17-30-20-33(47-9)37(7,8)38(45,51-30)21-31-15-25(13-22(2)40)14-28(49-31)11-12-36(5,6)39(46,52-29)35(26)48-24(4)42/h10-13,23,27-33,35,41,43,45-46H,14-21H2,1-9H3/b12-11+,25-13+,26-10+. The summed E-state index contributed by atoms with van der Waals surface area (Å²) in [6, 6.07) is 0. The van der Waals surface area contributed by atoms with Gasteiger partial charge in [0.15, 0.2) is 17.7 Å². The van der Waals surface area contributed by atoms with Crippen LogP contribution in [0.2, 0.25) is 0 Å². The number of allylic oxidation sites excluding steroid dienone is 2. The van der Waals surface area contributed by atoms with E-state index < -0.39 is 95.7 Å². The van der Waals surface area contributed by atoms with Gasteiger partial charge in [-0.15, -0.1) is 0 Å². The van der Waals surface area contributed by atoms with Crippen LogP contribution in [-0.4, -0.2) is 112 Å². The Morgan fingerprint density at radius 2 is 1.67 bits per heavy atom. The summed E-state index contributed by atoms with van der Waals surface area (Å²) < 4.78 is 36.6. The smallest absolute Gasteiger partial charge is 0.308 e. The molecule has 4 aliphatic rings. The molecule has 13 heteroatoms. The molecule has 0 saturated carbocycles. The van der Waals surface area contributed by atoms with Crippen LogP contribution in [-0.2, 0) is 42.8 Å². The van der Waals surface area contributed by atoms with Crippen LogP contribution in [0.5, 0.6) is 0 Å². The van der Waals surface area contributed by atoms with Crippen molar-refractivity contribution in [3.05, 3.63) is 35.5 Å². The molecule has 0 aromatic carbocycles. The van der Waals surface area contributed by atoms with Gasteiger partial charge in [-0.2, -0.15) is 0 Å². The van der Waals surface area contributed by atoms with Crippen LogP contribution >= 0.6 is 0 Å². The fourth-order valence-corrected chi connectivity index (χ4v) is 8.09. The molecule has 4 rings (SSSR count). The van der Waals surface area contributed by atoms with Gasteiger partial charge in [0.2, 0.25) is 5.79 Å². The second-order valence-corrected chi connectivity index (χ2v) is 16.2. The maximum absolute atomic E-state index is 13.2. The van der Waals surface area contributed by atoms with Gasteiger partial charge in [-0.05, 0) is 51.7 Å². The Balaban J connectivity index is 1.82. The predicted octanol–water partition coefficient (Wildman–Crippen LogP) is 3.73. The van der Waals surface area contributed by atoms with Crippen LogP contribution < -0.4 is 0 Å². The maximum Gasteiger partial charge on any atom is 0.308 e. The number of hydrogen-bond donors (Lipinski definition) is 4. The van der Waals surface area contributed by atoms with Crippen LogP contribution in [0.4, 0.5) is 0 Å². The zero-order valence-electron chi connectivity index (χ0n) is 32.1. The van der Waals surface area contributed by atoms with E-state index in [0.29, 0.717) is 24.8 Å². The van der Waals surface area contributed by atoms with Crippen molar-refractivity contribution >= 4 is 17.7 Å². The molecule has 0 spiro atoms. The van der Waals surface area contributed by atoms with E-state index in [9.17, 15) is 34.8 Å². The Hall–Kier alpha value is -2.49. The SMILES string of the molecule is C/C=C1\CC2CC(C(C)O)OC(=O)CC(O)CC3CC(OC)C(C)(C)C(O)(CC4C/C(=C/C(C)=O)CC(/C=C/C(C)(C)C(O)(O2)C1OC(C)=O)O4)O3. The molecule has 0 aromatic rings. The fraction of sp³-hybridized carbons (Fsp3) is 0.769. The number of fused-ring (bicyclic) bond motifs is 6. The lowest BCUT2D eigenvalue weighted by Crippen LogP contribution is -2.62. The summed E-state index contributed by atoms with van der Waals surface area (Å²) in [7, 11) is 1.55. The van der Waals surface area contributed by atoms with Gasteiger partial charge >= 0.3 is 11.9 Å². The Morgan fingerprint density at radius 3 is 2.27 bits per heavy atom. The monoisotopic (exact) mass is 736 g/mol. The molecule has 6 bridgehead atoms. The van der Waals surface area contributed by atoms with Crippen molar-refractivity contribution in [3.63, 3.8) is 0 Å². The zero-order valence-corrected chi connectivity index (χ0v) is 32.1. The largest absolute Gasteiger partial charge is 0.459 e. The van der Waals surface area contributed by atoms with Crippen molar-refractivity contribution in [1.29, 1.82) is 0 Å². The molecule has 0 aliphatic carbocycles. The first kappa shape index (κ1) is 42.3. The van der Waals surface area contributed by atoms with E-state index in [1.807, 2.05) is 13.8 Å². The average Bonchev–Trinajstić information content (AvgIpc) is 3.01. The van der Waals surface area contributed by atoms with Gasteiger partial charge in [-0.1, -0.05) is 51.5 Å². The van der Waals surface area contributed by atoms with E-state index in [1.54, 1.807) is 52.2 Å². The Morgan fingerprint density at radius 1 is 0.981 bits per heavy atom. The first-order chi connectivity index (χ1) is 24.1. The minimum atomic E-state index is -2.13. The van der Waals surface area contributed by atoms with Gasteiger partial charge in [0.1, 0.15) is 6.10 Å². The van der Waals surface area contributed by atoms with E-state index in [0.717, 1.165) is 5.57 Å². The molecule has 4 N–H and O–H groups in total. The van der Waals surface area contributed by atoms with Crippen LogP contribution in [0.15, 0.2) is 35.5 Å². The second-order valence-electron chi connectivity index (χ2n) is 16.2. The molecular formula is C39H60O13. The maximum atomic E-state index is 13.2. The van der Waals surface area contributed by atoms with Crippen molar-refractivity contribution in [2.45, 2.75) is 173 Å². The van der Waals surface area contributed by atoms with E-state index in [4.69, 9.17) is 28.4 Å². The predicted molar refractivity (Wildman–Crippen MR) is 188 cm³/mol. The number of hydrogen-bond acceptors (Lipinski definition) is 13. The normalized spacial score (nSPS) is 41.4. The van der Waals surface area contributed by atoms with Gasteiger partial charge in [0.25, 0.3) is 0 Å². The molecule has 11 atom stereocenters. The number of carbonyl (C=O) groups excluding carboxylic acids is 3. The molecule has 4 aliphatic heterocycles. The number of rotatable bonds is 4. The van der Waals surface area contributed by atoms with Gasteiger partial charge in [-0.3, -0.25) is 14.4 Å². The molecule has 52 heavy (non-hydrogen) atoms. The lowest BCUT2D eigenvalue weighted by molar-refractivity contribution is -0.350. The summed E-state index contributed by atoms with van der Waals surface area (Å²) in [5.41, 5.74) is -0.776. The molecule has 3 fully saturated rings. The van der Waals surface area contributed by atoms with Crippen molar-refractivity contribution in [2.24, 2.45) is 10.8 Å².